The summed E-state index contributed by atoms with van der Waals surface area (Å²) in [6, 6.07) is 3.20. The molecule has 3 aliphatic rings. The van der Waals surface area contributed by atoms with E-state index in [0.29, 0.717) is 68.6 Å². The number of carbonyl (C=O) groups is 1. The number of anilines is 3. The minimum atomic E-state index is -4.94. The highest BCUT2D eigenvalue weighted by Gasteiger charge is 2.38. The van der Waals surface area contributed by atoms with Gasteiger partial charge in [0.25, 0.3) is 5.91 Å². The molecule has 3 aromatic rings. The van der Waals surface area contributed by atoms with Crippen LogP contribution in [0.1, 0.15) is 22.3 Å². The Hall–Kier alpha value is -4.04. The number of nitrogens with one attached hydrogen (secondary N) is 3. The van der Waals surface area contributed by atoms with Crippen LogP contribution < -0.4 is 26.0 Å². The molecule has 0 spiro atoms. The molecule has 216 valence electrons. The standard InChI is InChI=1S/C27H27F4N7O3/c28-20-9-23(38-13-15-1-2-32-22(15)14-38)21(36-25(40)18-12-33-24(39)8-19(18)27(29,30)31)7-17(20)16-10-34-26(35-11-16)37-3-5-41-6-4-37/h7-12,15,22,32H,1-6,13-14H2,(H,33,39)(H,36,40)/t15-,22+/m1/s1. The molecule has 3 N–H and O–H groups in total. The fraction of sp³-hybridized carbons (Fsp3) is 0.407. The molecule has 5 heterocycles. The Bertz CT molecular complexity index is 1490. The minimum Gasteiger partial charge on any atom is -0.378 e. The first kappa shape index (κ1) is 27.1. The van der Waals surface area contributed by atoms with E-state index in [9.17, 15) is 22.8 Å². The summed E-state index contributed by atoms with van der Waals surface area (Å²) in [6.07, 6.45) is -0.324. The lowest BCUT2D eigenvalue weighted by atomic mass is 10.0. The smallest absolute Gasteiger partial charge is 0.378 e. The third-order valence-corrected chi connectivity index (χ3v) is 7.75. The summed E-state index contributed by atoms with van der Waals surface area (Å²) in [5.41, 5.74) is -2.23. The molecule has 0 aliphatic carbocycles. The molecule has 0 bridgehead atoms. The zero-order valence-electron chi connectivity index (χ0n) is 21.8. The summed E-state index contributed by atoms with van der Waals surface area (Å²) in [5.74, 6) is -0.885. The van der Waals surface area contributed by atoms with Crippen LogP contribution in [0.25, 0.3) is 11.1 Å². The number of hydrogen-bond donors (Lipinski definition) is 3. The fourth-order valence-electron chi connectivity index (χ4n) is 5.66. The van der Waals surface area contributed by atoms with E-state index in [2.05, 4.69) is 25.6 Å². The summed E-state index contributed by atoms with van der Waals surface area (Å²) in [7, 11) is 0. The number of nitrogens with zero attached hydrogens (tertiary/aromatic N) is 4. The Morgan fingerprint density at radius 1 is 1.07 bits per heavy atom. The summed E-state index contributed by atoms with van der Waals surface area (Å²) < 4.78 is 62.0. The van der Waals surface area contributed by atoms with Crippen molar-refractivity contribution in [3.05, 3.63) is 64.1 Å². The second-order valence-electron chi connectivity index (χ2n) is 10.3. The predicted octanol–water partition coefficient (Wildman–Crippen LogP) is 2.88. The SMILES string of the molecule is O=C(Nc1cc(-c2cnc(N3CCOCC3)nc2)c(F)cc1N1C[C@H]2CCN[C@H]2C1)c1c[nH]c(=O)cc1C(F)(F)F. The molecular weight excluding hydrogens is 546 g/mol. The lowest BCUT2D eigenvalue weighted by Gasteiger charge is -2.26. The van der Waals surface area contributed by atoms with Crippen molar-refractivity contribution in [3.63, 3.8) is 0 Å². The number of aromatic nitrogens is 3. The maximum absolute atomic E-state index is 15.6. The van der Waals surface area contributed by atoms with Gasteiger partial charge in [0.1, 0.15) is 5.82 Å². The Morgan fingerprint density at radius 3 is 2.54 bits per heavy atom. The maximum atomic E-state index is 15.6. The van der Waals surface area contributed by atoms with Crippen molar-refractivity contribution >= 4 is 23.2 Å². The van der Waals surface area contributed by atoms with Crippen molar-refractivity contribution in [1.82, 2.24) is 20.3 Å². The molecule has 3 fully saturated rings. The highest BCUT2D eigenvalue weighted by Crippen LogP contribution is 2.39. The topological polar surface area (TPSA) is 115 Å². The number of alkyl halides is 3. The first-order valence-corrected chi connectivity index (χ1v) is 13.3. The van der Waals surface area contributed by atoms with Crippen molar-refractivity contribution in [2.45, 2.75) is 18.6 Å². The van der Waals surface area contributed by atoms with E-state index in [1.54, 1.807) is 0 Å². The van der Waals surface area contributed by atoms with Crippen LogP contribution in [0.15, 0.2) is 41.6 Å². The zero-order valence-corrected chi connectivity index (χ0v) is 21.8. The number of amides is 1. The molecule has 1 amide bonds. The number of hydrogen-bond acceptors (Lipinski definition) is 8. The Morgan fingerprint density at radius 2 is 1.83 bits per heavy atom. The molecule has 3 aliphatic heterocycles. The minimum absolute atomic E-state index is 0.0765. The number of pyridine rings is 1. The van der Waals surface area contributed by atoms with E-state index in [-0.39, 0.29) is 17.3 Å². The summed E-state index contributed by atoms with van der Waals surface area (Å²) in [5, 5.41) is 5.96. The fourth-order valence-corrected chi connectivity index (χ4v) is 5.66. The number of aromatic amines is 1. The van der Waals surface area contributed by atoms with Crippen LogP contribution in [0.3, 0.4) is 0 Å². The first-order chi connectivity index (χ1) is 19.7. The molecule has 3 saturated heterocycles. The van der Waals surface area contributed by atoms with Crippen molar-refractivity contribution in [3.8, 4) is 11.1 Å². The van der Waals surface area contributed by atoms with Crippen molar-refractivity contribution in [1.29, 1.82) is 0 Å². The third kappa shape index (κ3) is 5.48. The Balaban J connectivity index is 1.36. The van der Waals surface area contributed by atoms with Gasteiger partial charge in [0.15, 0.2) is 0 Å². The van der Waals surface area contributed by atoms with E-state index in [0.717, 1.165) is 19.2 Å². The Labute approximate surface area is 231 Å². The molecule has 0 radical (unpaired) electrons. The number of H-pyrrole nitrogens is 1. The van der Waals surface area contributed by atoms with Crippen molar-refractivity contribution in [2.24, 2.45) is 5.92 Å². The zero-order chi connectivity index (χ0) is 28.7. The molecule has 0 unspecified atom stereocenters. The highest BCUT2D eigenvalue weighted by atomic mass is 19.4. The number of halogens is 4. The van der Waals surface area contributed by atoms with E-state index in [1.165, 1.54) is 24.5 Å². The molecule has 14 heteroatoms. The molecular formula is C27H27F4N7O3. The van der Waals surface area contributed by atoms with Crippen LogP contribution in [-0.2, 0) is 10.9 Å². The third-order valence-electron chi connectivity index (χ3n) is 7.75. The van der Waals surface area contributed by atoms with Gasteiger partial charge in [-0.1, -0.05) is 0 Å². The monoisotopic (exact) mass is 573 g/mol. The second-order valence-corrected chi connectivity index (χ2v) is 10.3. The van der Waals surface area contributed by atoms with Crippen LogP contribution in [0.2, 0.25) is 0 Å². The summed E-state index contributed by atoms with van der Waals surface area (Å²) in [6.45, 7) is 4.37. The van der Waals surface area contributed by atoms with Gasteiger partial charge in [-0.15, -0.1) is 0 Å². The van der Waals surface area contributed by atoms with Gasteiger partial charge in [-0.3, -0.25) is 9.59 Å². The van der Waals surface area contributed by atoms with E-state index >= 15 is 4.39 Å². The van der Waals surface area contributed by atoms with Crippen LogP contribution in [0.4, 0.5) is 34.9 Å². The molecule has 41 heavy (non-hydrogen) atoms. The highest BCUT2D eigenvalue weighted by molar-refractivity contribution is 6.07. The normalized spacial score (nSPS) is 20.8. The van der Waals surface area contributed by atoms with Gasteiger partial charge in [-0.05, 0) is 31.0 Å². The Kier molecular flexibility index (Phi) is 7.11. The first-order valence-electron chi connectivity index (χ1n) is 13.3. The molecule has 0 saturated carbocycles. The number of morpholine rings is 1. The van der Waals surface area contributed by atoms with Crippen LogP contribution in [0, 0.1) is 11.7 Å². The largest absolute Gasteiger partial charge is 0.417 e. The molecule has 2 aromatic heterocycles. The van der Waals surface area contributed by atoms with E-state index < -0.39 is 34.6 Å². The molecule has 6 rings (SSSR count). The maximum Gasteiger partial charge on any atom is 0.417 e. The molecule has 2 atom stereocenters. The summed E-state index contributed by atoms with van der Waals surface area (Å²) in [4.78, 5) is 39.5. The van der Waals surface area contributed by atoms with E-state index in [1.807, 2.05) is 9.80 Å². The van der Waals surface area contributed by atoms with Gasteiger partial charge in [0, 0.05) is 68.0 Å². The van der Waals surface area contributed by atoms with E-state index in [4.69, 9.17) is 4.74 Å². The lowest BCUT2D eigenvalue weighted by molar-refractivity contribution is -0.138. The average molecular weight is 574 g/mol. The van der Waals surface area contributed by atoms with Gasteiger partial charge >= 0.3 is 6.18 Å². The van der Waals surface area contributed by atoms with Crippen LogP contribution >= 0.6 is 0 Å². The number of carbonyl (C=O) groups excluding carboxylic acids is 1. The van der Waals surface area contributed by atoms with Gasteiger partial charge in [0.05, 0.1) is 35.7 Å². The van der Waals surface area contributed by atoms with Crippen LogP contribution in [0.5, 0.6) is 0 Å². The number of fused-ring (bicyclic) bond motifs is 1. The van der Waals surface area contributed by atoms with Gasteiger partial charge in [0.2, 0.25) is 11.5 Å². The number of rotatable bonds is 5. The van der Waals surface area contributed by atoms with Crippen molar-refractivity contribution in [2.75, 3.05) is 61.1 Å². The second kappa shape index (κ2) is 10.7. The van der Waals surface area contributed by atoms with Gasteiger partial charge in [-0.25, -0.2) is 14.4 Å². The molecule has 1 aromatic carbocycles. The van der Waals surface area contributed by atoms with Gasteiger partial charge in [-0.2, -0.15) is 13.2 Å². The van der Waals surface area contributed by atoms with Gasteiger partial charge < -0.3 is 30.2 Å². The summed E-state index contributed by atoms with van der Waals surface area (Å²) >= 11 is 0. The number of benzene rings is 1. The van der Waals surface area contributed by atoms with Crippen molar-refractivity contribution < 1.29 is 27.1 Å². The molecule has 10 nitrogen and oxygen atoms in total. The van der Waals surface area contributed by atoms with Crippen LogP contribution in [-0.4, -0.2) is 72.8 Å². The quantitative estimate of drug-likeness (QED) is 0.400. The lowest BCUT2D eigenvalue weighted by Crippen LogP contribution is -2.37. The number of ether oxygens (including phenoxy) is 1. The predicted molar refractivity (Wildman–Crippen MR) is 143 cm³/mol. The average Bonchev–Trinajstić information content (AvgIpc) is 3.57.